The number of carbonyl (C=O) groups excluding carboxylic acids is 1. The SMILES string of the molecule is COc1ccc(NC(=O)Nc2cc(F)ccc2F)cc1OC. The quantitative estimate of drug-likeness (QED) is 0.907. The van der Waals surface area contributed by atoms with E-state index < -0.39 is 17.7 Å². The Bertz CT molecular complexity index is 692. The van der Waals surface area contributed by atoms with Gasteiger partial charge in [0.2, 0.25) is 0 Å². The van der Waals surface area contributed by atoms with Gasteiger partial charge < -0.3 is 20.1 Å². The Hall–Kier alpha value is -2.83. The van der Waals surface area contributed by atoms with Crippen LogP contribution >= 0.6 is 0 Å². The van der Waals surface area contributed by atoms with Crippen LogP contribution in [0.15, 0.2) is 36.4 Å². The summed E-state index contributed by atoms with van der Waals surface area (Å²) in [7, 11) is 2.95. The highest BCUT2D eigenvalue weighted by Gasteiger charge is 2.10. The molecule has 0 atom stereocenters. The first-order chi connectivity index (χ1) is 10.5. The van der Waals surface area contributed by atoms with Gasteiger partial charge in [-0.1, -0.05) is 0 Å². The number of hydrogen-bond acceptors (Lipinski definition) is 3. The monoisotopic (exact) mass is 308 g/mol. The fourth-order valence-electron chi connectivity index (χ4n) is 1.79. The van der Waals surface area contributed by atoms with Crippen LogP contribution in [0.1, 0.15) is 0 Å². The number of hydrogen-bond donors (Lipinski definition) is 2. The predicted octanol–water partition coefficient (Wildman–Crippen LogP) is 3.63. The fourth-order valence-corrected chi connectivity index (χ4v) is 1.79. The Balaban J connectivity index is 2.10. The molecule has 0 radical (unpaired) electrons. The number of carbonyl (C=O) groups is 1. The van der Waals surface area contributed by atoms with Crippen LogP contribution < -0.4 is 20.1 Å². The van der Waals surface area contributed by atoms with E-state index in [9.17, 15) is 13.6 Å². The summed E-state index contributed by atoms with van der Waals surface area (Å²) in [6.07, 6.45) is 0. The van der Waals surface area contributed by atoms with Crippen molar-refractivity contribution in [3.8, 4) is 11.5 Å². The van der Waals surface area contributed by atoms with Gasteiger partial charge in [-0.3, -0.25) is 0 Å². The van der Waals surface area contributed by atoms with Crippen molar-refractivity contribution in [2.24, 2.45) is 0 Å². The number of urea groups is 1. The summed E-state index contributed by atoms with van der Waals surface area (Å²) in [6.45, 7) is 0. The van der Waals surface area contributed by atoms with Crippen molar-refractivity contribution < 1.29 is 23.0 Å². The lowest BCUT2D eigenvalue weighted by Crippen LogP contribution is -2.20. The van der Waals surface area contributed by atoms with E-state index >= 15 is 0 Å². The van der Waals surface area contributed by atoms with Crippen molar-refractivity contribution >= 4 is 17.4 Å². The number of halogens is 2. The van der Waals surface area contributed by atoms with Crippen molar-refractivity contribution in [3.63, 3.8) is 0 Å². The highest BCUT2D eigenvalue weighted by molar-refractivity contribution is 6.00. The number of amides is 2. The van der Waals surface area contributed by atoms with Crippen molar-refractivity contribution in [1.82, 2.24) is 0 Å². The van der Waals surface area contributed by atoms with Crippen LogP contribution in [0.25, 0.3) is 0 Å². The lowest BCUT2D eigenvalue weighted by molar-refractivity contribution is 0.262. The van der Waals surface area contributed by atoms with Gasteiger partial charge in [0, 0.05) is 17.8 Å². The standard InChI is InChI=1S/C15H14F2N2O3/c1-21-13-6-4-10(8-14(13)22-2)18-15(20)19-12-7-9(16)3-5-11(12)17/h3-8H,1-2H3,(H2,18,19,20). The van der Waals surface area contributed by atoms with Gasteiger partial charge in [-0.15, -0.1) is 0 Å². The Morgan fingerprint density at radius 2 is 1.68 bits per heavy atom. The molecule has 0 fully saturated rings. The van der Waals surface area contributed by atoms with Gasteiger partial charge in [-0.25, -0.2) is 13.6 Å². The number of anilines is 2. The molecule has 0 spiro atoms. The second-order valence-corrected chi connectivity index (χ2v) is 4.27. The van der Waals surface area contributed by atoms with Crippen LogP contribution in [0.3, 0.4) is 0 Å². The van der Waals surface area contributed by atoms with E-state index in [-0.39, 0.29) is 5.69 Å². The van der Waals surface area contributed by atoms with Crippen LogP contribution in [0, 0.1) is 11.6 Å². The highest BCUT2D eigenvalue weighted by atomic mass is 19.1. The molecule has 0 aromatic heterocycles. The van der Waals surface area contributed by atoms with Gasteiger partial charge in [0.15, 0.2) is 11.5 Å². The molecule has 7 heteroatoms. The highest BCUT2D eigenvalue weighted by Crippen LogP contribution is 2.29. The minimum Gasteiger partial charge on any atom is -0.493 e. The topological polar surface area (TPSA) is 59.6 Å². The predicted molar refractivity (Wildman–Crippen MR) is 78.5 cm³/mol. The maximum absolute atomic E-state index is 13.4. The van der Waals surface area contributed by atoms with Gasteiger partial charge in [0.05, 0.1) is 19.9 Å². The summed E-state index contributed by atoms with van der Waals surface area (Å²) in [5, 5.41) is 4.72. The van der Waals surface area contributed by atoms with Crippen molar-refractivity contribution in [2.45, 2.75) is 0 Å². The number of rotatable bonds is 4. The van der Waals surface area contributed by atoms with E-state index in [1.165, 1.54) is 14.2 Å². The Kier molecular flexibility index (Phi) is 4.77. The van der Waals surface area contributed by atoms with Gasteiger partial charge >= 0.3 is 6.03 Å². The minimum atomic E-state index is -0.733. The summed E-state index contributed by atoms with van der Waals surface area (Å²) in [6, 6.07) is 6.81. The molecule has 0 aliphatic rings. The van der Waals surface area contributed by atoms with Crippen molar-refractivity contribution in [2.75, 3.05) is 24.9 Å². The number of ether oxygens (including phenoxy) is 2. The van der Waals surface area contributed by atoms with Crippen LogP contribution in [-0.2, 0) is 0 Å². The molecular formula is C15H14F2N2O3. The second-order valence-electron chi connectivity index (χ2n) is 4.27. The van der Waals surface area contributed by atoms with Crippen molar-refractivity contribution in [1.29, 1.82) is 0 Å². The Morgan fingerprint density at radius 1 is 0.955 bits per heavy atom. The molecule has 0 saturated heterocycles. The zero-order chi connectivity index (χ0) is 16.1. The van der Waals surface area contributed by atoms with E-state index in [0.29, 0.717) is 17.2 Å². The Labute approximate surface area is 125 Å². The summed E-state index contributed by atoms with van der Waals surface area (Å²) in [5.74, 6) is -0.450. The number of methoxy groups -OCH3 is 2. The van der Waals surface area contributed by atoms with Gasteiger partial charge in [0.1, 0.15) is 11.6 Å². The van der Waals surface area contributed by atoms with E-state index in [1.54, 1.807) is 18.2 Å². The van der Waals surface area contributed by atoms with Crippen molar-refractivity contribution in [3.05, 3.63) is 48.0 Å². The van der Waals surface area contributed by atoms with Crippen LogP contribution in [0.4, 0.5) is 25.0 Å². The van der Waals surface area contributed by atoms with E-state index in [2.05, 4.69) is 10.6 Å². The van der Waals surface area contributed by atoms with Crippen LogP contribution in [-0.4, -0.2) is 20.3 Å². The van der Waals surface area contributed by atoms with E-state index in [0.717, 1.165) is 18.2 Å². The first kappa shape index (κ1) is 15.6. The molecular weight excluding hydrogens is 294 g/mol. The molecule has 0 bridgehead atoms. The van der Waals surface area contributed by atoms with Gasteiger partial charge in [0.25, 0.3) is 0 Å². The largest absolute Gasteiger partial charge is 0.493 e. The molecule has 2 rings (SSSR count). The van der Waals surface area contributed by atoms with Gasteiger partial charge in [-0.2, -0.15) is 0 Å². The first-order valence-corrected chi connectivity index (χ1v) is 6.28. The zero-order valence-electron chi connectivity index (χ0n) is 11.9. The third-order valence-corrected chi connectivity index (χ3v) is 2.82. The molecule has 2 aromatic rings. The molecule has 0 heterocycles. The lowest BCUT2D eigenvalue weighted by atomic mass is 10.2. The van der Waals surface area contributed by atoms with Gasteiger partial charge in [-0.05, 0) is 24.3 Å². The molecule has 2 N–H and O–H groups in total. The first-order valence-electron chi connectivity index (χ1n) is 6.28. The average molecular weight is 308 g/mol. The maximum atomic E-state index is 13.4. The van der Waals surface area contributed by atoms with Crippen LogP contribution in [0.2, 0.25) is 0 Å². The number of benzene rings is 2. The lowest BCUT2D eigenvalue weighted by Gasteiger charge is -2.11. The summed E-state index contributed by atoms with van der Waals surface area (Å²) >= 11 is 0. The van der Waals surface area contributed by atoms with E-state index in [1.807, 2.05) is 0 Å². The molecule has 0 aliphatic heterocycles. The molecule has 0 unspecified atom stereocenters. The Morgan fingerprint density at radius 3 is 2.36 bits per heavy atom. The zero-order valence-corrected chi connectivity index (χ0v) is 11.9. The molecule has 0 aliphatic carbocycles. The summed E-state index contributed by atoms with van der Waals surface area (Å²) in [4.78, 5) is 11.8. The molecule has 22 heavy (non-hydrogen) atoms. The molecule has 116 valence electrons. The molecule has 5 nitrogen and oxygen atoms in total. The van der Waals surface area contributed by atoms with Crippen LogP contribution in [0.5, 0.6) is 11.5 Å². The smallest absolute Gasteiger partial charge is 0.323 e. The fraction of sp³-hybridized carbons (Fsp3) is 0.133. The third kappa shape index (κ3) is 3.63. The summed E-state index contributed by atoms with van der Waals surface area (Å²) < 4.78 is 36.7. The second kappa shape index (κ2) is 6.75. The molecule has 2 aromatic carbocycles. The number of nitrogens with one attached hydrogen (secondary N) is 2. The third-order valence-electron chi connectivity index (χ3n) is 2.82. The molecule has 0 saturated carbocycles. The minimum absolute atomic E-state index is 0.252. The maximum Gasteiger partial charge on any atom is 0.323 e. The average Bonchev–Trinajstić information content (AvgIpc) is 2.50. The summed E-state index contributed by atoms with van der Waals surface area (Å²) in [5.41, 5.74) is 0.157. The molecule has 2 amide bonds. The van der Waals surface area contributed by atoms with E-state index in [4.69, 9.17) is 9.47 Å². The normalized spacial score (nSPS) is 10.0.